The quantitative estimate of drug-likeness (QED) is 0.483. The standard InChI is InChI=1S/C20H21NO/c1-16-7-6-8-17(13-16)14-21-15-18(9-4-5-12-22)19-10-2-3-11-20(19)21/h2-3,6-8,10-13,15H,4-5,9,14H2,1H3. The van der Waals surface area contributed by atoms with Gasteiger partial charge in [0.15, 0.2) is 0 Å². The van der Waals surface area contributed by atoms with Crippen LogP contribution in [-0.4, -0.2) is 10.9 Å². The number of carbonyl (C=O) groups excluding carboxylic acids is 1. The molecule has 3 rings (SSSR count). The van der Waals surface area contributed by atoms with E-state index in [9.17, 15) is 4.79 Å². The molecule has 2 aromatic carbocycles. The molecule has 1 heterocycles. The molecular formula is C20H21NO. The highest BCUT2D eigenvalue weighted by atomic mass is 16.1. The van der Waals surface area contributed by atoms with E-state index in [0.29, 0.717) is 6.42 Å². The summed E-state index contributed by atoms with van der Waals surface area (Å²) >= 11 is 0. The van der Waals surface area contributed by atoms with Gasteiger partial charge in [0.1, 0.15) is 6.29 Å². The molecule has 22 heavy (non-hydrogen) atoms. The predicted octanol–water partition coefficient (Wildman–Crippen LogP) is 4.52. The van der Waals surface area contributed by atoms with E-state index < -0.39 is 0 Å². The zero-order chi connectivity index (χ0) is 15.4. The van der Waals surface area contributed by atoms with Gasteiger partial charge in [-0.25, -0.2) is 0 Å². The topological polar surface area (TPSA) is 22.0 Å². The molecule has 0 aliphatic carbocycles. The number of hydrogen-bond acceptors (Lipinski definition) is 1. The van der Waals surface area contributed by atoms with E-state index in [0.717, 1.165) is 25.7 Å². The van der Waals surface area contributed by atoms with Crippen molar-refractivity contribution in [2.75, 3.05) is 0 Å². The zero-order valence-corrected chi connectivity index (χ0v) is 13.0. The zero-order valence-electron chi connectivity index (χ0n) is 13.0. The SMILES string of the molecule is Cc1cccc(Cn2cc(CCCC=O)c3ccccc32)c1. The van der Waals surface area contributed by atoms with Crippen molar-refractivity contribution in [2.45, 2.75) is 32.7 Å². The van der Waals surface area contributed by atoms with Crippen molar-refractivity contribution in [3.8, 4) is 0 Å². The Hall–Kier alpha value is -2.35. The Morgan fingerprint density at radius 2 is 1.95 bits per heavy atom. The molecule has 0 fully saturated rings. The molecule has 1 aromatic heterocycles. The molecule has 0 aliphatic heterocycles. The Bertz CT molecular complexity index is 785. The fourth-order valence-corrected chi connectivity index (χ4v) is 3.04. The van der Waals surface area contributed by atoms with E-state index in [1.165, 1.54) is 27.6 Å². The second-order valence-electron chi connectivity index (χ2n) is 5.85. The molecule has 3 aromatic rings. The number of nitrogens with zero attached hydrogens (tertiary/aromatic N) is 1. The number of benzene rings is 2. The van der Waals surface area contributed by atoms with Gasteiger partial charge in [-0.2, -0.15) is 0 Å². The van der Waals surface area contributed by atoms with Crippen molar-refractivity contribution >= 4 is 17.2 Å². The Labute approximate surface area is 131 Å². The lowest BCUT2D eigenvalue weighted by atomic mass is 10.1. The molecule has 0 saturated carbocycles. The molecule has 0 amide bonds. The highest BCUT2D eigenvalue weighted by Crippen LogP contribution is 2.24. The minimum Gasteiger partial charge on any atom is -0.343 e. The Morgan fingerprint density at radius 3 is 2.77 bits per heavy atom. The molecule has 0 radical (unpaired) electrons. The summed E-state index contributed by atoms with van der Waals surface area (Å²) in [6, 6.07) is 17.2. The van der Waals surface area contributed by atoms with Crippen LogP contribution >= 0.6 is 0 Å². The van der Waals surface area contributed by atoms with Crippen molar-refractivity contribution in [1.29, 1.82) is 0 Å². The first kappa shape index (κ1) is 14.6. The lowest BCUT2D eigenvalue weighted by molar-refractivity contribution is -0.107. The third-order valence-corrected chi connectivity index (χ3v) is 4.07. The van der Waals surface area contributed by atoms with E-state index >= 15 is 0 Å². The number of hydrogen-bond donors (Lipinski definition) is 0. The molecule has 112 valence electrons. The first-order valence-corrected chi connectivity index (χ1v) is 7.84. The molecule has 0 saturated heterocycles. The number of rotatable bonds is 6. The molecule has 2 nitrogen and oxygen atoms in total. The second-order valence-corrected chi connectivity index (χ2v) is 5.85. The van der Waals surface area contributed by atoms with Crippen LogP contribution in [0.5, 0.6) is 0 Å². The number of aldehydes is 1. The molecule has 0 atom stereocenters. The third kappa shape index (κ3) is 3.11. The van der Waals surface area contributed by atoms with Crippen molar-refractivity contribution < 1.29 is 4.79 Å². The fraction of sp³-hybridized carbons (Fsp3) is 0.250. The monoisotopic (exact) mass is 291 g/mol. The molecule has 0 bridgehead atoms. The van der Waals surface area contributed by atoms with Gasteiger partial charge in [0.05, 0.1) is 0 Å². The highest BCUT2D eigenvalue weighted by molar-refractivity contribution is 5.84. The maximum atomic E-state index is 10.5. The van der Waals surface area contributed by atoms with E-state index in [2.05, 4.69) is 66.2 Å². The smallest absolute Gasteiger partial charge is 0.120 e. The Kier molecular flexibility index (Phi) is 4.38. The lowest BCUT2D eigenvalue weighted by Crippen LogP contribution is -1.98. The summed E-state index contributed by atoms with van der Waals surface area (Å²) in [6.45, 7) is 3.01. The average Bonchev–Trinajstić information content (AvgIpc) is 2.86. The van der Waals surface area contributed by atoms with E-state index in [4.69, 9.17) is 0 Å². The number of para-hydroxylation sites is 1. The fourth-order valence-electron chi connectivity index (χ4n) is 3.04. The van der Waals surface area contributed by atoms with Crippen LogP contribution in [-0.2, 0) is 17.8 Å². The minimum absolute atomic E-state index is 0.636. The van der Waals surface area contributed by atoms with Crippen LogP contribution in [0, 0.1) is 6.92 Å². The van der Waals surface area contributed by atoms with Crippen molar-refractivity contribution in [3.63, 3.8) is 0 Å². The molecule has 0 aliphatic rings. The maximum Gasteiger partial charge on any atom is 0.120 e. The lowest BCUT2D eigenvalue weighted by Gasteiger charge is -2.06. The Morgan fingerprint density at radius 1 is 1.09 bits per heavy atom. The van der Waals surface area contributed by atoms with Crippen LogP contribution in [0.25, 0.3) is 10.9 Å². The average molecular weight is 291 g/mol. The van der Waals surface area contributed by atoms with Crippen molar-refractivity contribution in [2.24, 2.45) is 0 Å². The summed E-state index contributed by atoms with van der Waals surface area (Å²) in [7, 11) is 0. The van der Waals surface area contributed by atoms with Gasteiger partial charge in [0.25, 0.3) is 0 Å². The number of aromatic nitrogens is 1. The summed E-state index contributed by atoms with van der Waals surface area (Å²) in [5, 5.41) is 1.31. The van der Waals surface area contributed by atoms with Gasteiger partial charge in [-0.1, -0.05) is 48.0 Å². The third-order valence-electron chi connectivity index (χ3n) is 4.07. The summed E-state index contributed by atoms with van der Waals surface area (Å²) in [6.07, 6.45) is 5.77. The van der Waals surface area contributed by atoms with Crippen molar-refractivity contribution in [1.82, 2.24) is 4.57 Å². The van der Waals surface area contributed by atoms with Gasteiger partial charge in [-0.05, 0) is 37.0 Å². The Balaban J connectivity index is 1.93. The van der Waals surface area contributed by atoms with Crippen LogP contribution in [0.1, 0.15) is 29.5 Å². The molecule has 2 heteroatoms. The van der Waals surface area contributed by atoms with Gasteiger partial charge in [0, 0.05) is 30.1 Å². The molecular weight excluding hydrogens is 270 g/mol. The van der Waals surface area contributed by atoms with Crippen molar-refractivity contribution in [3.05, 3.63) is 71.4 Å². The number of aryl methyl sites for hydroxylation is 2. The predicted molar refractivity (Wildman–Crippen MR) is 91.2 cm³/mol. The van der Waals surface area contributed by atoms with E-state index in [1.54, 1.807) is 0 Å². The van der Waals surface area contributed by atoms with Crippen LogP contribution in [0.3, 0.4) is 0 Å². The first-order chi connectivity index (χ1) is 10.8. The second kappa shape index (κ2) is 6.61. The number of fused-ring (bicyclic) bond motifs is 1. The van der Waals surface area contributed by atoms with Crippen LogP contribution in [0.2, 0.25) is 0 Å². The van der Waals surface area contributed by atoms with E-state index in [-0.39, 0.29) is 0 Å². The summed E-state index contributed by atoms with van der Waals surface area (Å²) in [5.74, 6) is 0. The van der Waals surface area contributed by atoms with E-state index in [1.807, 2.05) is 0 Å². The van der Waals surface area contributed by atoms with Gasteiger partial charge in [-0.15, -0.1) is 0 Å². The van der Waals surface area contributed by atoms with Crippen LogP contribution < -0.4 is 0 Å². The van der Waals surface area contributed by atoms with Gasteiger partial charge in [0.2, 0.25) is 0 Å². The highest BCUT2D eigenvalue weighted by Gasteiger charge is 2.08. The minimum atomic E-state index is 0.636. The van der Waals surface area contributed by atoms with Crippen LogP contribution in [0.15, 0.2) is 54.7 Å². The summed E-state index contributed by atoms with van der Waals surface area (Å²) in [5.41, 5.74) is 5.22. The molecule has 0 spiro atoms. The normalized spacial score (nSPS) is 11.0. The number of carbonyl (C=O) groups is 1. The van der Waals surface area contributed by atoms with Crippen LogP contribution in [0.4, 0.5) is 0 Å². The number of unbranched alkanes of at least 4 members (excludes halogenated alkanes) is 1. The summed E-state index contributed by atoms with van der Waals surface area (Å²) in [4.78, 5) is 10.5. The van der Waals surface area contributed by atoms with Gasteiger partial charge >= 0.3 is 0 Å². The largest absolute Gasteiger partial charge is 0.343 e. The van der Waals surface area contributed by atoms with Gasteiger partial charge in [-0.3, -0.25) is 0 Å². The maximum absolute atomic E-state index is 10.5. The molecule has 0 unspecified atom stereocenters. The first-order valence-electron chi connectivity index (χ1n) is 7.84. The van der Waals surface area contributed by atoms with Gasteiger partial charge < -0.3 is 9.36 Å². The molecule has 0 N–H and O–H groups in total. The summed E-state index contributed by atoms with van der Waals surface area (Å²) < 4.78 is 2.32.